The molecule has 1 amide bonds. The predicted molar refractivity (Wildman–Crippen MR) is 71.6 cm³/mol. The van der Waals surface area contributed by atoms with Gasteiger partial charge in [-0.15, -0.1) is 0 Å². The van der Waals surface area contributed by atoms with Crippen LogP contribution in [-0.4, -0.2) is 17.9 Å². The number of amides is 1. The summed E-state index contributed by atoms with van der Waals surface area (Å²) < 4.78 is 0. The maximum Gasteiger partial charge on any atom is 0.222 e. The molecule has 0 saturated carbocycles. The number of hydrogen-bond donors (Lipinski definition) is 0. The highest BCUT2D eigenvalue weighted by Gasteiger charge is 2.15. The largest absolute Gasteiger partial charge is 0.341 e. The summed E-state index contributed by atoms with van der Waals surface area (Å²) in [7, 11) is 1.87. The molecular formula is C15H23NO. The molecule has 0 N–H and O–H groups in total. The van der Waals surface area contributed by atoms with Crippen molar-refractivity contribution < 1.29 is 4.79 Å². The average Bonchev–Trinajstić information content (AvgIpc) is 2.26. The third-order valence-corrected chi connectivity index (χ3v) is 2.78. The zero-order valence-corrected chi connectivity index (χ0v) is 11.4. The summed E-state index contributed by atoms with van der Waals surface area (Å²) >= 11 is 0. The molecule has 0 radical (unpaired) electrons. The van der Waals surface area contributed by atoms with Crippen molar-refractivity contribution in [3.8, 4) is 0 Å². The summed E-state index contributed by atoms with van der Waals surface area (Å²) in [4.78, 5) is 13.7. The Balaban J connectivity index is 2.43. The quantitative estimate of drug-likeness (QED) is 0.779. The number of hydrogen-bond acceptors (Lipinski definition) is 1. The fraction of sp³-hybridized carbons (Fsp3) is 0.533. The molecule has 1 aromatic rings. The van der Waals surface area contributed by atoms with Crippen LogP contribution in [0.2, 0.25) is 0 Å². The van der Waals surface area contributed by atoms with Crippen molar-refractivity contribution in [1.29, 1.82) is 0 Å². The smallest absolute Gasteiger partial charge is 0.222 e. The van der Waals surface area contributed by atoms with Crippen molar-refractivity contribution in [1.82, 2.24) is 4.90 Å². The van der Waals surface area contributed by atoms with Gasteiger partial charge in [0.2, 0.25) is 5.91 Å². The molecule has 2 heteroatoms. The second-order valence-corrected chi connectivity index (χ2v) is 5.80. The molecule has 1 rings (SSSR count). The second kappa shape index (κ2) is 5.85. The summed E-state index contributed by atoms with van der Waals surface area (Å²) in [5.74, 6) is 0.226. The first kappa shape index (κ1) is 13.8. The first-order chi connectivity index (χ1) is 7.88. The summed E-state index contributed by atoms with van der Waals surface area (Å²) in [6.07, 6.45) is 1.57. The summed E-state index contributed by atoms with van der Waals surface area (Å²) in [5.41, 5.74) is 1.41. The Morgan fingerprint density at radius 1 is 1.18 bits per heavy atom. The number of nitrogens with zero attached hydrogens (tertiary/aromatic N) is 1. The van der Waals surface area contributed by atoms with Crippen molar-refractivity contribution in [2.75, 3.05) is 7.05 Å². The van der Waals surface area contributed by atoms with Gasteiger partial charge in [0.25, 0.3) is 0 Å². The Morgan fingerprint density at radius 2 is 1.76 bits per heavy atom. The minimum atomic E-state index is 0.225. The van der Waals surface area contributed by atoms with Gasteiger partial charge in [0, 0.05) is 20.0 Å². The highest BCUT2D eigenvalue weighted by molar-refractivity contribution is 5.75. The SMILES string of the molecule is CN(Cc1ccccc1)C(=O)CCC(C)(C)C. The molecule has 0 aliphatic rings. The Kier molecular flexibility index (Phi) is 4.73. The minimum Gasteiger partial charge on any atom is -0.341 e. The molecule has 2 nitrogen and oxygen atoms in total. The Labute approximate surface area is 105 Å². The van der Waals surface area contributed by atoms with Gasteiger partial charge in [0.05, 0.1) is 0 Å². The fourth-order valence-corrected chi connectivity index (χ4v) is 1.62. The number of carbonyl (C=O) groups is 1. The summed E-state index contributed by atoms with van der Waals surface area (Å²) in [6, 6.07) is 10.1. The predicted octanol–water partition coefficient (Wildman–Crippen LogP) is 3.47. The lowest BCUT2D eigenvalue weighted by Crippen LogP contribution is -2.27. The molecule has 0 heterocycles. The Hall–Kier alpha value is -1.31. The first-order valence-corrected chi connectivity index (χ1v) is 6.16. The third kappa shape index (κ3) is 5.53. The zero-order chi connectivity index (χ0) is 12.9. The molecule has 0 saturated heterocycles. The van der Waals surface area contributed by atoms with Crippen LogP contribution in [0.3, 0.4) is 0 Å². The lowest BCUT2D eigenvalue weighted by molar-refractivity contribution is -0.131. The van der Waals surface area contributed by atoms with Crippen LogP contribution < -0.4 is 0 Å². The third-order valence-electron chi connectivity index (χ3n) is 2.78. The van der Waals surface area contributed by atoms with E-state index in [1.165, 1.54) is 5.56 Å². The van der Waals surface area contributed by atoms with Gasteiger partial charge in [0.15, 0.2) is 0 Å². The van der Waals surface area contributed by atoms with Crippen LogP contribution in [0.4, 0.5) is 0 Å². The van der Waals surface area contributed by atoms with E-state index < -0.39 is 0 Å². The van der Waals surface area contributed by atoms with Gasteiger partial charge in [-0.05, 0) is 17.4 Å². The maximum atomic E-state index is 11.9. The van der Waals surface area contributed by atoms with Crippen LogP contribution in [-0.2, 0) is 11.3 Å². The molecule has 0 spiro atoms. The highest BCUT2D eigenvalue weighted by atomic mass is 16.2. The average molecular weight is 233 g/mol. The topological polar surface area (TPSA) is 20.3 Å². The van der Waals surface area contributed by atoms with Crippen molar-refractivity contribution in [3.05, 3.63) is 35.9 Å². The van der Waals surface area contributed by atoms with Gasteiger partial charge in [-0.1, -0.05) is 51.1 Å². The molecule has 0 aromatic heterocycles. The van der Waals surface area contributed by atoms with Gasteiger partial charge in [-0.25, -0.2) is 0 Å². The van der Waals surface area contributed by atoms with Crippen LogP contribution in [0.5, 0.6) is 0 Å². The van der Waals surface area contributed by atoms with Gasteiger partial charge in [-0.2, -0.15) is 0 Å². The van der Waals surface area contributed by atoms with Crippen molar-refractivity contribution in [3.63, 3.8) is 0 Å². The molecular weight excluding hydrogens is 210 g/mol. The summed E-state index contributed by atoms with van der Waals surface area (Å²) in [5, 5.41) is 0. The molecule has 0 atom stereocenters. The molecule has 1 aromatic carbocycles. The zero-order valence-electron chi connectivity index (χ0n) is 11.4. The monoisotopic (exact) mass is 233 g/mol. The van der Waals surface area contributed by atoms with E-state index in [1.807, 2.05) is 37.4 Å². The lowest BCUT2D eigenvalue weighted by Gasteiger charge is -2.21. The van der Waals surface area contributed by atoms with Crippen LogP contribution >= 0.6 is 0 Å². The normalized spacial score (nSPS) is 11.3. The van der Waals surface area contributed by atoms with E-state index in [-0.39, 0.29) is 11.3 Å². The molecule has 0 unspecified atom stereocenters. The standard InChI is InChI=1S/C15H23NO/c1-15(2,3)11-10-14(17)16(4)12-13-8-6-5-7-9-13/h5-9H,10-12H2,1-4H3. The minimum absolute atomic E-state index is 0.225. The van der Waals surface area contributed by atoms with Gasteiger partial charge < -0.3 is 4.90 Å². The van der Waals surface area contributed by atoms with Crippen molar-refractivity contribution in [2.24, 2.45) is 5.41 Å². The fourth-order valence-electron chi connectivity index (χ4n) is 1.62. The molecule has 0 aliphatic carbocycles. The van der Waals surface area contributed by atoms with Crippen molar-refractivity contribution >= 4 is 5.91 Å². The van der Waals surface area contributed by atoms with Crippen LogP contribution in [0.25, 0.3) is 0 Å². The summed E-state index contributed by atoms with van der Waals surface area (Å²) in [6.45, 7) is 7.19. The van der Waals surface area contributed by atoms with E-state index in [2.05, 4.69) is 20.8 Å². The van der Waals surface area contributed by atoms with E-state index in [9.17, 15) is 4.79 Å². The molecule has 0 aliphatic heterocycles. The van der Waals surface area contributed by atoms with Gasteiger partial charge in [-0.3, -0.25) is 4.79 Å². The lowest BCUT2D eigenvalue weighted by atomic mass is 9.90. The number of rotatable bonds is 4. The van der Waals surface area contributed by atoms with Crippen LogP contribution in [0.15, 0.2) is 30.3 Å². The molecule has 94 valence electrons. The van der Waals surface area contributed by atoms with Crippen LogP contribution in [0, 0.1) is 5.41 Å². The Morgan fingerprint density at radius 3 is 2.29 bits per heavy atom. The highest BCUT2D eigenvalue weighted by Crippen LogP contribution is 2.21. The van der Waals surface area contributed by atoms with E-state index in [0.717, 1.165) is 6.42 Å². The van der Waals surface area contributed by atoms with E-state index in [1.54, 1.807) is 4.90 Å². The first-order valence-electron chi connectivity index (χ1n) is 6.16. The molecule has 0 bridgehead atoms. The van der Waals surface area contributed by atoms with Gasteiger partial charge >= 0.3 is 0 Å². The van der Waals surface area contributed by atoms with Crippen molar-refractivity contribution in [2.45, 2.75) is 40.2 Å². The maximum absolute atomic E-state index is 11.9. The van der Waals surface area contributed by atoms with E-state index in [4.69, 9.17) is 0 Å². The van der Waals surface area contributed by atoms with E-state index >= 15 is 0 Å². The Bertz CT molecular complexity index is 351. The number of carbonyl (C=O) groups excluding carboxylic acids is 1. The van der Waals surface area contributed by atoms with Crippen LogP contribution in [0.1, 0.15) is 39.2 Å². The van der Waals surface area contributed by atoms with E-state index in [0.29, 0.717) is 13.0 Å². The van der Waals surface area contributed by atoms with Gasteiger partial charge in [0.1, 0.15) is 0 Å². The number of benzene rings is 1. The molecule has 0 fully saturated rings. The molecule has 17 heavy (non-hydrogen) atoms. The second-order valence-electron chi connectivity index (χ2n) is 5.80.